The van der Waals surface area contributed by atoms with Crippen LogP contribution in [0.5, 0.6) is 0 Å². The van der Waals surface area contributed by atoms with Crippen molar-refractivity contribution in [3.8, 4) is 0 Å². The van der Waals surface area contributed by atoms with Gasteiger partial charge in [-0.15, -0.1) is 0 Å². The van der Waals surface area contributed by atoms with Gasteiger partial charge in [0.15, 0.2) is 0 Å². The number of carbonyl (C=O) groups is 1. The SMILES string of the molecule is CCC(CC)NC(=O)C1CCCN(S(=O)(=O)c2ccc(C)cc2)C1. The molecule has 0 saturated carbocycles. The summed E-state index contributed by atoms with van der Waals surface area (Å²) in [6, 6.07) is 7.04. The van der Waals surface area contributed by atoms with E-state index in [1.54, 1.807) is 24.3 Å². The number of amides is 1. The number of sulfonamides is 1. The first-order chi connectivity index (χ1) is 11.4. The fourth-order valence-electron chi connectivity index (χ4n) is 3.05. The highest BCUT2D eigenvalue weighted by molar-refractivity contribution is 7.89. The first-order valence-electron chi connectivity index (χ1n) is 8.75. The van der Waals surface area contributed by atoms with Gasteiger partial charge >= 0.3 is 0 Å². The van der Waals surface area contributed by atoms with Crippen molar-refractivity contribution in [2.75, 3.05) is 13.1 Å². The molecule has 1 fully saturated rings. The molecule has 0 aromatic heterocycles. The summed E-state index contributed by atoms with van der Waals surface area (Å²) >= 11 is 0. The maximum atomic E-state index is 12.8. The maximum absolute atomic E-state index is 12.8. The number of carbonyl (C=O) groups excluding carboxylic acids is 1. The molecular weight excluding hydrogens is 324 g/mol. The van der Waals surface area contributed by atoms with Gasteiger partial charge in [-0.1, -0.05) is 31.5 Å². The van der Waals surface area contributed by atoms with Gasteiger partial charge in [-0.05, 0) is 44.7 Å². The van der Waals surface area contributed by atoms with E-state index in [-0.39, 0.29) is 24.4 Å². The minimum absolute atomic E-state index is 0.0208. The zero-order valence-corrected chi connectivity index (χ0v) is 15.6. The molecule has 0 radical (unpaired) electrons. The summed E-state index contributed by atoms with van der Waals surface area (Å²) in [6.45, 7) is 6.76. The van der Waals surface area contributed by atoms with Crippen LogP contribution in [0.25, 0.3) is 0 Å². The number of nitrogens with one attached hydrogen (secondary N) is 1. The largest absolute Gasteiger partial charge is 0.353 e. The Morgan fingerprint density at radius 1 is 1.25 bits per heavy atom. The second kappa shape index (κ2) is 8.12. The van der Waals surface area contributed by atoms with Crippen molar-refractivity contribution in [3.63, 3.8) is 0 Å². The highest BCUT2D eigenvalue weighted by Crippen LogP contribution is 2.24. The summed E-state index contributed by atoms with van der Waals surface area (Å²) in [5.74, 6) is -0.285. The number of hydrogen-bond acceptors (Lipinski definition) is 3. The first-order valence-corrected chi connectivity index (χ1v) is 10.2. The van der Waals surface area contributed by atoms with Crippen molar-refractivity contribution in [1.29, 1.82) is 0 Å². The molecular formula is C18H28N2O3S. The normalized spacial score (nSPS) is 19.4. The molecule has 5 nitrogen and oxygen atoms in total. The number of aryl methyl sites for hydroxylation is 1. The minimum Gasteiger partial charge on any atom is -0.353 e. The van der Waals surface area contributed by atoms with E-state index in [1.807, 2.05) is 20.8 Å². The monoisotopic (exact) mass is 352 g/mol. The molecule has 1 unspecified atom stereocenters. The number of piperidine rings is 1. The Balaban J connectivity index is 2.09. The topological polar surface area (TPSA) is 66.5 Å². The average Bonchev–Trinajstić information content (AvgIpc) is 2.60. The van der Waals surface area contributed by atoms with E-state index < -0.39 is 10.0 Å². The van der Waals surface area contributed by atoms with Gasteiger partial charge in [0, 0.05) is 19.1 Å². The van der Waals surface area contributed by atoms with Crippen LogP contribution in [0.3, 0.4) is 0 Å². The Kier molecular flexibility index (Phi) is 6.40. The van der Waals surface area contributed by atoms with Crippen molar-refractivity contribution in [1.82, 2.24) is 9.62 Å². The van der Waals surface area contributed by atoms with Crippen LogP contribution in [0.2, 0.25) is 0 Å². The zero-order valence-electron chi connectivity index (χ0n) is 14.8. The lowest BCUT2D eigenvalue weighted by molar-refractivity contribution is -0.126. The van der Waals surface area contributed by atoms with E-state index >= 15 is 0 Å². The van der Waals surface area contributed by atoms with E-state index in [0.29, 0.717) is 17.9 Å². The lowest BCUT2D eigenvalue weighted by Crippen LogP contribution is -2.47. The van der Waals surface area contributed by atoms with Gasteiger partial charge in [-0.2, -0.15) is 4.31 Å². The van der Waals surface area contributed by atoms with Crippen LogP contribution in [0, 0.1) is 12.8 Å². The van der Waals surface area contributed by atoms with Crippen molar-refractivity contribution >= 4 is 15.9 Å². The van der Waals surface area contributed by atoms with Gasteiger partial charge in [0.2, 0.25) is 15.9 Å². The third kappa shape index (κ3) is 4.36. The Bertz CT molecular complexity index is 651. The van der Waals surface area contributed by atoms with Gasteiger partial charge in [0.25, 0.3) is 0 Å². The van der Waals surface area contributed by atoms with Crippen LogP contribution in [0.15, 0.2) is 29.2 Å². The van der Waals surface area contributed by atoms with Gasteiger partial charge in [0.1, 0.15) is 0 Å². The molecule has 0 aliphatic carbocycles. The lowest BCUT2D eigenvalue weighted by Gasteiger charge is -2.32. The number of hydrogen-bond donors (Lipinski definition) is 1. The number of nitrogens with zero attached hydrogens (tertiary/aromatic N) is 1. The lowest BCUT2D eigenvalue weighted by atomic mass is 9.98. The van der Waals surface area contributed by atoms with Crippen LogP contribution < -0.4 is 5.32 Å². The first kappa shape index (κ1) is 18.9. The number of benzene rings is 1. The molecule has 1 amide bonds. The van der Waals surface area contributed by atoms with Gasteiger partial charge in [-0.3, -0.25) is 4.79 Å². The molecule has 1 N–H and O–H groups in total. The molecule has 1 aliphatic heterocycles. The maximum Gasteiger partial charge on any atom is 0.243 e. The Labute approximate surface area is 145 Å². The summed E-state index contributed by atoms with van der Waals surface area (Å²) in [5.41, 5.74) is 1.02. The van der Waals surface area contributed by atoms with Crippen LogP contribution >= 0.6 is 0 Å². The van der Waals surface area contributed by atoms with Crippen LogP contribution in [0.4, 0.5) is 0 Å². The summed E-state index contributed by atoms with van der Waals surface area (Å²) in [7, 11) is -3.53. The Hall–Kier alpha value is -1.40. The molecule has 0 bridgehead atoms. The van der Waals surface area contributed by atoms with Gasteiger partial charge < -0.3 is 5.32 Å². The van der Waals surface area contributed by atoms with Gasteiger partial charge in [-0.25, -0.2) is 8.42 Å². The fourth-order valence-corrected chi connectivity index (χ4v) is 4.57. The zero-order chi connectivity index (χ0) is 17.7. The van der Waals surface area contributed by atoms with E-state index in [0.717, 1.165) is 24.8 Å². The highest BCUT2D eigenvalue weighted by atomic mass is 32.2. The van der Waals surface area contributed by atoms with Crippen molar-refractivity contribution < 1.29 is 13.2 Å². The molecule has 2 rings (SSSR count). The van der Waals surface area contributed by atoms with E-state index in [9.17, 15) is 13.2 Å². The number of rotatable bonds is 6. The molecule has 134 valence electrons. The van der Waals surface area contributed by atoms with Crippen molar-refractivity contribution in [2.45, 2.75) is 57.4 Å². The summed E-state index contributed by atoms with van der Waals surface area (Å²) in [4.78, 5) is 12.7. The third-order valence-corrected chi connectivity index (χ3v) is 6.63. The molecule has 1 aromatic carbocycles. The smallest absolute Gasteiger partial charge is 0.243 e. The quantitative estimate of drug-likeness (QED) is 0.856. The van der Waals surface area contributed by atoms with E-state index in [4.69, 9.17) is 0 Å². The molecule has 1 aliphatic rings. The molecule has 1 aromatic rings. The second-order valence-corrected chi connectivity index (χ2v) is 8.48. The fraction of sp³-hybridized carbons (Fsp3) is 0.611. The standard InChI is InChI=1S/C18H28N2O3S/c1-4-16(5-2)19-18(21)15-7-6-12-20(13-15)24(22,23)17-10-8-14(3)9-11-17/h8-11,15-16H,4-7,12-13H2,1-3H3,(H,19,21). The Morgan fingerprint density at radius 2 is 1.88 bits per heavy atom. The summed E-state index contributed by atoms with van der Waals surface area (Å²) in [6.07, 6.45) is 3.23. The van der Waals surface area contributed by atoms with Crippen LogP contribution in [-0.2, 0) is 14.8 Å². The average molecular weight is 353 g/mol. The molecule has 1 atom stereocenters. The minimum atomic E-state index is -3.53. The molecule has 0 spiro atoms. The van der Waals surface area contributed by atoms with Crippen molar-refractivity contribution in [3.05, 3.63) is 29.8 Å². The van der Waals surface area contributed by atoms with E-state index in [1.165, 1.54) is 4.31 Å². The summed E-state index contributed by atoms with van der Waals surface area (Å²) in [5, 5.41) is 3.04. The van der Waals surface area contributed by atoms with Crippen LogP contribution in [-0.4, -0.2) is 37.8 Å². The molecule has 24 heavy (non-hydrogen) atoms. The Morgan fingerprint density at radius 3 is 2.46 bits per heavy atom. The van der Waals surface area contributed by atoms with Crippen molar-refractivity contribution in [2.24, 2.45) is 5.92 Å². The van der Waals surface area contributed by atoms with E-state index in [2.05, 4.69) is 5.32 Å². The predicted molar refractivity (Wildman–Crippen MR) is 95.2 cm³/mol. The second-order valence-electron chi connectivity index (χ2n) is 6.54. The molecule has 6 heteroatoms. The van der Waals surface area contributed by atoms with Gasteiger partial charge in [0.05, 0.1) is 10.8 Å². The summed E-state index contributed by atoms with van der Waals surface area (Å²) < 4.78 is 27.0. The van der Waals surface area contributed by atoms with Crippen LogP contribution in [0.1, 0.15) is 45.1 Å². The molecule has 1 saturated heterocycles. The third-order valence-electron chi connectivity index (χ3n) is 4.75. The predicted octanol–water partition coefficient (Wildman–Crippen LogP) is 2.70. The molecule has 1 heterocycles. The highest BCUT2D eigenvalue weighted by Gasteiger charge is 2.33.